The minimum absolute atomic E-state index is 0.102. The molecule has 72 valence electrons. The molecule has 1 aromatic rings. The SMILES string of the molecule is N#Cc1cc(C(=O)CCCl)ccc1O. The summed E-state index contributed by atoms with van der Waals surface area (Å²) in [5.74, 6) is 0.00753. The summed E-state index contributed by atoms with van der Waals surface area (Å²) in [5, 5.41) is 17.8. The van der Waals surface area contributed by atoms with E-state index in [1.54, 1.807) is 6.07 Å². The van der Waals surface area contributed by atoms with Crippen LogP contribution in [0.5, 0.6) is 5.75 Å². The van der Waals surface area contributed by atoms with Crippen LogP contribution in [-0.2, 0) is 0 Å². The van der Waals surface area contributed by atoms with Crippen LogP contribution in [0.2, 0.25) is 0 Å². The smallest absolute Gasteiger partial charge is 0.164 e. The molecule has 0 fully saturated rings. The fourth-order valence-electron chi connectivity index (χ4n) is 1.03. The highest BCUT2D eigenvalue weighted by Gasteiger charge is 2.08. The minimum Gasteiger partial charge on any atom is -0.507 e. The summed E-state index contributed by atoms with van der Waals surface area (Å²) < 4.78 is 0. The summed E-state index contributed by atoms with van der Waals surface area (Å²) in [6.45, 7) is 0. The molecular formula is C10H8ClNO2. The first-order chi connectivity index (χ1) is 6.69. The molecule has 0 heterocycles. The van der Waals surface area contributed by atoms with E-state index in [4.69, 9.17) is 16.9 Å². The van der Waals surface area contributed by atoms with Crippen LogP contribution in [-0.4, -0.2) is 16.8 Å². The number of Topliss-reactive ketones (excluding diaryl/α,β-unsaturated/α-hetero) is 1. The van der Waals surface area contributed by atoms with Crippen molar-refractivity contribution in [1.29, 1.82) is 5.26 Å². The number of nitrogens with zero attached hydrogens (tertiary/aromatic N) is 1. The number of carbonyl (C=O) groups is 1. The molecule has 3 nitrogen and oxygen atoms in total. The Labute approximate surface area is 86.5 Å². The molecule has 0 bridgehead atoms. The van der Waals surface area contributed by atoms with E-state index < -0.39 is 0 Å². The number of ketones is 1. The van der Waals surface area contributed by atoms with E-state index in [1.807, 2.05) is 0 Å². The number of nitriles is 1. The van der Waals surface area contributed by atoms with Crippen LogP contribution in [0.4, 0.5) is 0 Å². The van der Waals surface area contributed by atoms with Gasteiger partial charge in [-0.25, -0.2) is 0 Å². The van der Waals surface area contributed by atoms with E-state index in [9.17, 15) is 9.90 Å². The predicted molar refractivity (Wildman–Crippen MR) is 52.5 cm³/mol. The molecule has 0 unspecified atom stereocenters. The highest BCUT2D eigenvalue weighted by atomic mass is 35.5. The maximum absolute atomic E-state index is 11.3. The van der Waals surface area contributed by atoms with Crippen LogP contribution in [0.3, 0.4) is 0 Å². The number of phenols is 1. The fourth-order valence-corrected chi connectivity index (χ4v) is 1.20. The molecule has 0 aliphatic carbocycles. The molecule has 0 aromatic heterocycles. The first-order valence-electron chi connectivity index (χ1n) is 4.01. The Morgan fingerprint density at radius 3 is 2.86 bits per heavy atom. The van der Waals surface area contributed by atoms with Gasteiger partial charge in [0, 0.05) is 17.9 Å². The lowest BCUT2D eigenvalue weighted by molar-refractivity contribution is 0.0989. The van der Waals surface area contributed by atoms with Crippen molar-refractivity contribution in [2.24, 2.45) is 0 Å². The van der Waals surface area contributed by atoms with E-state index >= 15 is 0 Å². The molecule has 0 spiro atoms. The predicted octanol–water partition coefficient (Wildman–Crippen LogP) is 2.08. The first-order valence-corrected chi connectivity index (χ1v) is 4.54. The van der Waals surface area contributed by atoms with E-state index in [2.05, 4.69) is 0 Å². The molecule has 1 aromatic carbocycles. The number of halogens is 1. The van der Waals surface area contributed by atoms with Gasteiger partial charge in [0.1, 0.15) is 11.8 Å². The van der Waals surface area contributed by atoms with Crippen molar-refractivity contribution in [1.82, 2.24) is 0 Å². The molecule has 0 aliphatic heterocycles. The quantitative estimate of drug-likeness (QED) is 0.613. The van der Waals surface area contributed by atoms with E-state index in [0.29, 0.717) is 5.56 Å². The zero-order valence-corrected chi connectivity index (χ0v) is 8.08. The molecule has 0 radical (unpaired) electrons. The van der Waals surface area contributed by atoms with E-state index in [0.717, 1.165) is 0 Å². The molecule has 0 saturated heterocycles. The molecule has 1 rings (SSSR count). The van der Waals surface area contributed by atoms with Gasteiger partial charge >= 0.3 is 0 Å². The molecule has 14 heavy (non-hydrogen) atoms. The van der Waals surface area contributed by atoms with Gasteiger partial charge in [0.05, 0.1) is 5.56 Å². The molecule has 0 atom stereocenters. The number of aromatic hydroxyl groups is 1. The summed E-state index contributed by atoms with van der Waals surface area (Å²) in [4.78, 5) is 11.3. The zero-order chi connectivity index (χ0) is 10.6. The van der Waals surface area contributed by atoms with E-state index in [-0.39, 0.29) is 29.4 Å². The van der Waals surface area contributed by atoms with Crippen LogP contribution >= 0.6 is 11.6 Å². The number of carbonyl (C=O) groups excluding carboxylic acids is 1. The average Bonchev–Trinajstić information content (AvgIpc) is 2.19. The van der Waals surface area contributed by atoms with Gasteiger partial charge in [0.25, 0.3) is 0 Å². The zero-order valence-electron chi connectivity index (χ0n) is 7.33. The summed E-state index contributed by atoms with van der Waals surface area (Å²) >= 11 is 5.42. The van der Waals surface area contributed by atoms with Crippen LogP contribution in [0.1, 0.15) is 22.3 Å². The van der Waals surface area contributed by atoms with Crippen LogP contribution < -0.4 is 0 Å². The third-order valence-corrected chi connectivity index (χ3v) is 1.95. The average molecular weight is 210 g/mol. The highest BCUT2D eigenvalue weighted by Crippen LogP contribution is 2.18. The van der Waals surface area contributed by atoms with Crippen LogP contribution in [0.15, 0.2) is 18.2 Å². The van der Waals surface area contributed by atoms with Gasteiger partial charge in [-0.05, 0) is 18.2 Å². The lowest BCUT2D eigenvalue weighted by Crippen LogP contribution is -1.99. The summed E-state index contributed by atoms with van der Waals surface area (Å²) in [7, 11) is 0. The molecular weight excluding hydrogens is 202 g/mol. The van der Waals surface area contributed by atoms with Crippen molar-refractivity contribution in [3.63, 3.8) is 0 Å². The Morgan fingerprint density at radius 1 is 1.57 bits per heavy atom. The lowest BCUT2D eigenvalue weighted by atomic mass is 10.1. The van der Waals surface area contributed by atoms with E-state index in [1.165, 1.54) is 18.2 Å². The van der Waals surface area contributed by atoms with Crippen LogP contribution in [0, 0.1) is 11.3 Å². The topological polar surface area (TPSA) is 61.1 Å². The Kier molecular flexibility index (Phi) is 3.49. The standard InChI is InChI=1S/C10H8ClNO2/c11-4-3-10(14)7-1-2-9(13)8(5-7)6-12/h1-2,5,13H,3-4H2. The largest absolute Gasteiger partial charge is 0.507 e. The maximum Gasteiger partial charge on any atom is 0.164 e. The third-order valence-electron chi connectivity index (χ3n) is 1.76. The second kappa shape index (κ2) is 4.64. The van der Waals surface area contributed by atoms with Crippen molar-refractivity contribution < 1.29 is 9.90 Å². The monoisotopic (exact) mass is 209 g/mol. The van der Waals surface area contributed by atoms with Crippen molar-refractivity contribution in [3.8, 4) is 11.8 Å². The Bertz CT molecular complexity index is 396. The van der Waals surface area contributed by atoms with Crippen molar-refractivity contribution in [2.75, 3.05) is 5.88 Å². The number of phenolic OH excluding ortho intramolecular Hbond substituents is 1. The number of rotatable bonds is 3. The van der Waals surface area contributed by atoms with Gasteiger partial charge in [-0.2, -0.15) is 5.26 Å². The first kappa shape index (κ1) is 10.6. The van der Waals surface area contributed by atoms with Crippen molar-refractivity contribution in [2.45, 2.75) is 6.42 Å². The number of hydrogen-bond acceptors (Lipinski definition) is 3. The van der Waals surface area contributed by atoms with Gasteiger partial charge in [-0.15, -0.1) is 11.6 Å². The molecule has 0 amide bonds. The van der Waals surface area contributed by atoms with Gasteiger partial charge in [-0.3, -0.25) is 4.79 Å². The number of alkyl halides is 1. The third kappa shape index (κ3) is 2.24. The lowest BCUT2D eigenvalue weighted by Gasteiger charge is -2.00. The Morgan fingerprint density at radius 2 is 2.29 bits per heavy atom. The van der Waals surface area contributed by atoms with Gasteiger partial charge in [0.15, 0.2) is 5.78 Å². The normalized spacial score (nSPS) is 9.43. The van der Waals surface area contributed by atoms with Gasteiger partial charge < -0.3 is 5.11 Å². The van der Waals surface area contributed by atoms with Crippen LogP contribution in [0.25, 0.3) is 0 Å². The summed E-state index contributed by atoms with van der Waals surface area (Å²) in [6, 6.07) is 5.97. The summed E-state index contributed by atoms with van der Waals surface area (Å²) in [5.41, 5.74) is 0.505. The van der Waals surface area contributed by atoms with Crippen molar-refractivity contribution in [3.05, 3.63) is 29.3 Å². The Balaban J connectivity index is 3.02. The molecule has 1 N–H and O–H groups in total. The maximum atomic E-state index is 11.3. The Hall–Kier alpha value is -1.53. The second-order valence-electron chi connectivity index (χ2n) is 2.71. The molecule has 0 saturated carbocycles. The van der Waals surface area contributed by atoms with Gasteiger partial charge in [-0.1, -0.05) is 0 Å². The molecule has 0 aliphatic rings. The highest BCUT2D eigenvalue weighted by molar-refractivity contribution is 6.19. The summed E-state index contributed by atoms with van der Waals surface area (Å²) in [6.07, 6.45) is 0.233. The fraction of sp³-hybridized carbons (Fsp3) is 0.200. The minimum atomic E-state index is -0.128. The number of benzene rings is 1. The van der Waals surface area contributed by atoms with Gasteiger partial charge in [0.2, 0.25) is 0 Å². The molecule has 4 heteroatoms. The van der Waals surface area contributed by atoms with Crippen molar-refractivity contribution >= 4 is 17.4 Å². The number of hydrogen-bond donors (Lipinski definition) is 1. The second-order valence-corrected chi connectivity index (χ2v) is 3.08.